The van der Waals surface area contributed by atoms with Crippen LogP contribution in [0, 0.1) is 5.92 Å². The molecule has 0 aliphatic carbocycles. The molecule has 0 saturated carbocycles. The van der Waals surface area contributed by atoms with Crippen LogP contribution in [-0.2, 0) is 11.2 Å². The minimum atomic E-state index is -0.309. The summed E-state index contributed by atoms with van der Waals surface area (Å²) in [5, 5.41) is 0. The number of nitrogens with one attached hydrogen (secondary N) is 3. The largest absolute Gasteiger partial charge is 0.381 e. The molecular weight excluding hydrogens is 346 g/mol. The van der Waals surface area contributed by atoms with Gasteiger partial charge in [-0.05, 0) is 37.3 Å². The van der Waals surface area contributed by atoms with Gasteiger partial charge in [-0.1, -0.05) is 6.07 Å². The molecule has 5 N–H and O–H groups in total. The zero-order chi connectivity index (χ0) is 18.4. The molecule has 0 bridgehead atoms. The lowest BCUT2D eigenvalue weighted by atomic mass is 9.93. The van der Waals surface area contributed by atoms with Crippen LogP contribution < -0.4 is 11.4 Å². The fourth-order valence-electron chi connectivity index (χ4n) is 3.66. The number of imidazole rings is 2. The third kappa shape index (κ3) is 2.95. The van der Waals surface area contributed by atoms with Crippen molar-refractivity contribution in [3.8, 4) is 11.3 Å². The number of hydrogen-bond donors (Lipinski definition) is 4. The van der Waals surface area contributed by atoms with E-state index in [0.29, 0.717) is 23.2 Å². The van der Waals surface area contributed by atoms with E-state index < -0.39 is 0 Å². The summed E-state index contributed by atoms with van der Waals surface area (Å²) in [4.78, 5) is 33.8. The molecule has 0 spiro atoms. The summed E-state index contributed by atoms with van der Waals surface area (Å²) in [5.74, 6) is 0.863. The lowest BCUT2D eigenvalue weighted by molar-refractivity contribution is 0.0663. The Balaban J connectivity index is 1.64. The molecule has 0 unspecified atom stereocenters. The summed E-state index contributed by atoms with van der Waals surface area (Å²) in [6, 6.07) is 5.82. The van der Waals surface area contributed by atoms with Crippen molar-refractivity contribution >= 4 is 28.3 Å². The smallest absolute Gasteiger partial charge is 0.326 e. The Morgan fingerprint density at radius 1 is 1.07 bits per heavy atom. The maximum atomic E-state index is 11.7. The van der Waals surface area contributed by atoms with Gasteiger partial charge in [-0.3, -0.25) is 9.97 Å². The van der Waals surface area contributed by atoms with Crippen LogP contribution in [0.2, 0.25) is 0 Å². The minimum absolute atomic E-state index is 0.309. The number of anilines is 1. The zero-order valence-electron chi connectivity index (χ0n) is 14.6. The Kier molecular flexibility index (Phi) is 3.68. The number of hydrogen-bond acceptors (Lipinski definition) is 6. The van der Waals surface area contributed by atoms with Crippen LogP contribution in [-0.4, -0.2) is 43.1 Å². The van der Waals surface area contributed by atoms with E-state index >= 15 is 0 Å². The number of fused-ring (bicyclic) bond motifs is 2. The Morgan fingerprint density at radius 3 is 2.67 bits per heavy atom. The second kappa shape index (κ2) is 6.20. The molecule has 9 nitrogen and oxygen atoms in total. The van der Waals surface area contributed by atoms with E-state index in [0.717, 1.165) is 60.5 Å². The van der Waals surface area contributed by atoms with Crippen molar-refractivity contribution in [1.82, 2.24) is 29.9 Å². The van der Waals surface area contributed by atoms with Crippen LogP contribution in [0.3, 0.4) is 0 Å². The summed E-state index contributed by atoms with van der Waals surface area (Å²) in [5.41, 5.74) is 10.6. The van der Waals surface area contributed by atoms with Gasteiger partial charge >= 0.3 is 5.69 Å². The third-order valence-electron chi connectivity index (χ3n) is 5.03. The molecule has 3 aromatic heterocycles. The predicted octanol–water partition coefficient (Wildman–Crippen LogP) is 1.74. The van der Waals surface area contributed by atoms with Crippen molar-refractivity contribution < 1.29 is 4.74 Å². The average molecular weight is 365 g/mol. The average Bonchev–Trinajstić information content (AvgIpc) is 3.21. The highest BCUT2D eigenvalue weighted by Crippen LogP contribution is 2.29. The van der Waals surface area contributed by atoms with Crippen molar-refractivity contribution in [3.63, 3.8) is 0 Å². The fraction of sp³-hybridized carbons (Fsp3) is 0.333. The first-order valence-electron chi connectivity index (χ1n) is 8.98. The van der Waals surface area contributed by atoms with Gasteiger partial charge < -0.3 is 15.5 Å². The molecule has 27 heavy (non-hydrogen) atoms. The van der Waals surface area contributed by atoms with Crippen LogP contribution >= 0.6 is 0 Å². The van der Waals surface area contributed by atoms with Crippen molar-refractivity contribution in [1.29, 1.82) is 0 Å². The highest BCUT2D eigenvalue weighted by Gasteiger charge is 2.20. The molecule has 1 fully saturated rings. The molecule has 138 valence electrons. The monoisotopic (exact) mass is 365 g/mol. The molecule has 1 saturated heterocycles. The van der Waals surface area contributed by atoms with E-state index in [1.165, 1.54) is 0 Å². The normalized spacial score (nSPS) is 15.7. The molecule has 4 heterocycles. The Bertz CT molecular complexity index is 1180. The number of rotatable bonds is 3. The van der Waals surface area contributed by atoms with Gasteiger partial charge in [0.15, 0.2) is 17.2 Å². The number of nitrogen functional groups attached to an aromatic ring is 1. The van der Waals surface area contributed by atoms with E-state index in [4.69, 9.17) is 20.4 Å². The lowest BCUT2D eigenvalue weighted by Gasteiger charge is -2.22. The van der Waals surface area contributed by atoms with Gasteiger partial charge in [-0.25, -0.2) is 19.7 Å². The van der Waals surface area contributed by atoms with Gasteiger partial charge in [0.25, 0.3) is 0 Å². The van der Waals surface area contributed by atoms with E-state index in [1.54, 1.807) is 0 Å². The van der Waals surface area contributed by atoms with Gasteiger partial charge in [0.05, 0.1) is 22.4 Å². The van der Waals surface area contributed by atoms with Gasteiger partial charge in [-0.2, -0.15) is 0 Å². The summed E-state index contributed by atoms with van der Waals surface area (Å²) < 4.78 is 5.46. The lowest BCUT2D eigenvalue weighted by Crippen LogP contribution is -2.18. The molecule has 0 amide bonds. The number of nitrogens with two attached hydrogens (primary N) is 1. The van der Waals surface area contributed by atoms with Crippen molar-refractivity contribution in [2.45, 2.75) is 19.3 Å². The highest BCUT2D eigenvalue weighted by atomic mass is 16.5. The second-order valence-electron chi connectivity index (χ2n) is 6.91. The van der Waals surface area contributed by atoms with Crippen molar-refractivity contribution in [3.05, 3.63) is 34.4 Å². The fourth-order valence-corrected chi connectivity index (χ4v) is 3.66. The number of benzene rings is 1. The van der Waals surface area contributed by atoms with Crippen LogP contribution in [0.1, 0.15) is 18.5 Å². The molecule has 0 radical (unpaired) electrons. The van der Waals surface area contributed by atoms with Crippen LogP contribution in [0.15, 0.2) is 23.0 Å². The van der Waals surface area contributed by atoms with Crippen molar-refractivity contribution in [2.24, 2.45) is 5.92 Å². The summed E-state index contributed by atoms with van der Waals surface area (Å²) in [7, 11) is 0. The first-order valence-corrected chi connectivity index (χ1v) is 8.98. The third-order valence-corrected chi connectivity index (χ3v) is 5.03. The Hall–Kier alpha value is -3.20. The first kappa shape index (κ1) is 16.0. The summed E-state index contributed by atoms with van der Waals surface area (Å²) in [6.07, 6.45) is 2.79. The number of ether oxygens (including phenoxy) is 1. The Labute approximate surface area is 153 Å². The second-order valence-corrected chi connectivity index (χ2v) is 6.91. The van der Waals surface area contributed by atoms with E-state index in [9.17, 15) is 4.79 Å². The Morgan fingerprint density at radius 2 is 1.85 bits per heavy atom. The van der Waals surface area contributed by atoms with Gasteiger partial charge in [0.1, 0.15) is 0 Å². The van der Waals surface area contributed by atoms with Gasteiger partial charge in [0.2, 0.25) is 0 Å². The van der Waals surface area contributed by atoms with Crippen LogP contribution in [0.25, 0.3) is 33.6 Å². The number of aromatic nitrogens is 6. The molecule has 1 aliphatic heterocycles. The molecule has 0 atom stereocenters. The topological polar surface area (TPSA) is 138 Å². The van der Waals surface area contributed by atoms with Crippen molar-refractivity contribution in [2.75, 3.05) is 18.9 Å². The zero-order valence-corrected chi connectivity index (χ0v) is 14.6. The maximum Gasteiger partial charge on any atom is 0.326 e. The van der Waals surface area contributed by atoms with E-state index in [2.05, 4.69) is 19.9 Å². The number of aromatic amines is 3. The van der Waals surface area contributed by atoms with Gasteiger partial charge in [0, 0.05) is 18.8 Å². The van der Waals surface area contributed by atoms with Gasteiger partial charge in [-0.15, -0.1) is 0 Å². The quantitative estimate of drug-likeness (QED) is 0.436. The maximum absolute atomic E-state index is 11.7. The molecule has 1 aromatic carbocycles. The number of nitrogens with zero attached hydrogens (tertiary/aromatic N) is 3. The summed E-state index contributed by atoms with van der Waals surface area (Å²) >= 11 is 0. The number of H-pyrrole nitrogens is 3. The van der Waals surface area contributed by atoms with Crippen LogP contribution in [0.4, 0.5) is 5.95 Å². The summed E-state index contributed by atoms with van der Waals surface area (Å²) in [6.45, 7) is 1.55. The standard InChI is InChI=1S/C18H19N7O2/c19-17-21-11-2-1-10(8-12(11)22-17)14-13(7-9-3-5-27-6-4-9)20-15-16(23-14)25-18(26)24-15/h1-2,8-9H,3-7H2,(H3,19,21,22)(H2,20,23,24,25,26). The molecular formula is C18H19N7O2. The minimum Gasteiger partial charge on any atom is -0.381 e. The highest BCUT2D eigenvalue weighted by molar-refractivity contribution is 5.84. The van der Waals surface area contributed by atoms with E-state index in [-0.39, 0.29) is 5.69 Å². The molecule has 5 rings (SSSR count). The SMILES string of the molecule is Nc1nc2ccc(-c3nc4[nH]c(=O)[nH]c4nc3CC3CCOCC3)cc2[nH]1. The molecule has 9 heteroatoms. The first-order chi connectivity index (χ1) is 13.2. The van der Waals surface area contributed by atoms with E-state index in [1.807, 2.05) is 18.2 Å². The molecule has 4 aromatic rings. The van der Waals surface area contributed by atoms with Crippen LogP contribution in [0.5, 0.6) is 0 Å². The molecule has 1 aliphatic rings. The predicted molar refractivity (Wildman–Crippen MR) is 101 cm³/mol.